The number of nitrogens with one attached hydrogen (secondary N) is 1. The summed E-state index contributed by atoms with van der Waals surface area (Å²) in [4.78, 5) is 16.3. The molecule has 0 saturated carbocycles. The summed E-state index contributed by atoms with van der Waals surface area (Å²) in [5.74, 6) is 0.385. The van der Waals surface area contributed by atoms with E-state index in [1.54, 1.807) is 17.0 Å². The van der Waals surface area contributed by atoms with E-state index in [-0.39, 0.29) is 39.2 Å². The van der Waals surface area contributed by atoms with Crippen LogP contribution in [0.15, 0.2) is 41.3 Å². The molecule has 0 radical (unpaired) electrons. The Hall–Kier alpha value is -2.16. The van der Waals surface area contributed by atoms with Crippen LogP contribution in [0.3, 0.4) is 0 Å². The topological polar surface area (TPSA) is 79.0 Å². The Morgan fingerprint density at radius 3 is 2.26 bits per heavy atom. The lowest BCUT2D eigenvalue weighted by Gasteiger charge is -2.27. The molecule has 0 aliphatic rings. The van der Waals surface area contributed by atoms with Crippen LogP contribution >= 0.6 is 23.2 Å². The Morgan fingerprint density at radius 1 is 1.03 bits per heavy atom. The number of urea groups is 1. The standard InChI is InChI=1S/C24H33Cl2N3O4S/c1-6-27-24(30)29(15-17(4)5)16-18-9-10-19(28(7-2)8-3)13-23(18)33-34(31,32)20-11-12-21(25)22(26)14-20/h9-14,17H,6-8,15-16H2,1-5H3,(H,27,30). The SMILES string of the molecule is CCNC(=O)N(Cc1ccc(N(CC)CC)cc1OS(=O)(=O)c1ccc(Cl)c(Cl)c1)CC(C)C. The summed E-state index contributed by atoms with van der Waals surface area (Å²) in [7, 11) is -4.20. The fourth-order valence-electron chi connectivity index (χ4n) is 3.46. The fraction of sp³-hybridized carbons (Fsp3) is 0.458. The molecule has 0 aliphatic heterocycles. The lowest BCUT2D eigenvalue weighted by molar-refractivity contribution is 0.188. The summed E-state index contributed by atoms with van der Waals surface area (Å²) in [5.41, 5.74) is 1.40. The minimum absolute atomic E-state index is 0.108. The number of hydrogen-bond acceptors (Lipinski definition) is 5. The quantitative estimate of drug-likeness (QED) is 0.372. The van der Waals surface area contributed by atoms with E-state index in [4.69, 9.17) is 27.4 Å². The van der Waals surface area contributed by atoms with Crippen LogP contribution in [0.1, 0.15) is 40.2 Å². The highest BCUT2D eigenvalue weighted by molar-refractivity contribution is 7.87. The number of amides is 2. The summed E-state index contributed by atoms with van der Waals surface area (Å²) in [6.07, 6.45) is 0. The number of rotatable bonds is 11. The maximum atomic E-state index is 13.1. The molecule has 2 aromatic rings. The van der Waals surface area contributed by atoms with Crippen LogP contribution in [0.5, 0.6) is 5.75 Å². The van der Waals surface area contributed by atoms with Gasteiger partial charge in [0.25, 0.3) is 0 Å². The molecule has 34 heavy (non-hydrogen) atoms. The first-order valence-electron chi connectivity index (χ1n) is 11.3. The normalized spacial score (nSPS) is 11.4. The Kier molecular flexibility index (Phi) is 10.3. The first-order valence-corrected chi connectivity index (χ1v) is 13.5. The zero-order valence-corrected chi connectivity index (χ0v) is 22.6. The van der Waals surface area contributed by atoms with E-state index in [2.05, 4.69) is 10.2 Å². The molecule has 7 nitrogen and oxygen atoms in total. The van der Waals surface area contributed by atoms with Crippen LogP contribution in [0.25, 0.3) is 0 Å². The van der Waals surface area contributed by atoms with Crippen molar-refractivity contribution in [1.82, 2.24) is 10.2 Å². The Morgan fingerprint density at radius 2 is 1.71 bits per heavy atom. The van der Waals surface area contributed by atoms with Gasteiger partial charge in [0, 0.05) is 43.5 Å². The molecule has 0 bridgehead atoms. The molecular weight excluding hydrogens is 497 g/mol. The van der Waals surface area contributed by atoms with Crippen molar-refractivity contribution in [3.8, 4) is 5.75 Å². The summed E-state index contributed by atoms with van der Waals surface area (Å²) >= 11 is 12.0. The highest BCUT2D eigenvalue weighted by Crippen LogP contribution is 2.31. The second-order valence-corrected chi connectivity index (χ2v) is 10.5. The van der Waals surface area contributed by atoms with E-state index in [0.29, 0.717) is 18.7 Å². The van der Waals surface area contributed by atoms with Crippen molar-refractivity contribution in [3.05, 3.63) is 52.0 Å². The van der Waals surface area contributed by atoms with Crippen molar-refractivity contribution in [2.75, 3.05) is 31.1 Å². The van der Waals surface area contributed by atoms with Gasteiger partial charge in [-0.1, -0.05) is 43.1 Å². The maximum absolute atomic E-state index is 13.1. The van der Waals surface area contributed by atoms with Gasteiger partial charge in [0.05, 0.1) is 16.6 Å². The van der Waals surface area contributed by atoms with Crippen molar-refractivity contribution < 1.29 is 17.4 Å². The monoisotopic (exact) mass is 529 g/mol. The van der Waals surface area contributed by atoms with Gasteiger partial charge in [0.15, 0.2) is 0 Å². The van der Waals surface area contributed by atoms with E-state index >= 15 is 0 Å². The molecule has 0 aliphatic carbocycles. The lowest BCUT2D eigenvalue weighted by Crippen LogP contribution is -2.41. The average Bonchev–Trinajstić information content (AvgIpc) is 2.77. The van der Waals surface area contributed by atoms with E-state index < -0.39 is 10.1 Å². The summed E-state index contributed by atoms with van der Waals surface area (Å²) < 4.78 is 31.8. The second-order valence-electron chi connectivity index (χ2n) is 8.19. The summed E-state index contributed by atoms with van der Waals surface area (Å²) in [5, 5.41) is 3.18. The van der Waals surface area contributed by atoms with Gasteiger partial charge in [-0.2, -0.15) is 8.42 Å². The van der Waals surface area contributed by atoms with Crippen molar-refractivity contribution in [1.29, 1.82) is 0 Å². The molecule has 10 heteroatoms. The second kappa shape index (κ2) is 12.5. The molecule has 0 aromatic heterocycles. The third-order valence-corrected chi connectivity index (χ3v) is 7.09. The number of carbonyl (C=O) groups is 1. The Balaban J connectivity index is 2.52. The molecule has 0 unspecified atom stereocenters. The zero-order valence-electron chi connectivity index (χ0n) is 20.3. The predicted octanol–water partition coefficient (Wildman–Crippen LogP) is 5.79. The van der Waals surface area contributed by atoms with Crippen molar-refractivity contribution in [3.63, 3.8) is 0 Å². The first kappa shape index (κ1) is 28.1. The van der Waals surface area contributed by atoms with Gasteiger partial charge in [-0.3, -0.25) is 0 Å². The van der Waals surface area contributed by atoms with Gasteiger partial charge in [0.2, 0.25) is 0 Å². The van der Waals surface area contributed by atoms with Crippen molar-refractivity contribution in [2.24, 2.45) is 5.92 Å². The molecule has 2 aromatic carbocycles. The number of nitrogens with zero attached hydrogens (tertiary/aromatic N) is 2. The van der Waals surface area contributed by atoms with Crippen LogP contribution in [0.4, 0.5) is 10.5 Å². The van der Waals surface area contributed by atoms with E-state index in [1.165, 1.54) is 18.2 Å². The molecule has 2 amide bonds. The van der Waals surface area contributed by atoms with Crippen LogP contribution in [0.2, 0.25) is 10.0 Å². The fourth-order valence-corrected chi connectivity index (χ4v) is 4.81. The Bertz CT molecular complexity index is 1090. The van der Waals surface area contributed by atoms with Crippen LogP contribution < -0.4 is 14.4 Å². The van der Waals surface area contributed by atoms with Gasteiger partial charge in [-0.15, -0.1) is 0 Å². The third-order valence-electron chi connectivity index (χ3n) is 5.12. The van der Waals surface area contributed by atoms with Crippen LogP contribution in [-0.4, -0.2) is 45.5 Å². The van der Waals surface area contributed by atoms with Crippen molar-refractivity contribution in [2.45, 2.75) is 46.1 Å². The molecule has 1 N–H and O–H groups in total. The van der Waals surface area contributed by atoms with E-state index in [9.17, 15) is 13.2 Å². The minimum Gasteiger partial charge on any atom is -0.379 e. The molecule has 2 rings (SSSR count). The van der Waals surface area contributed by atoms with Crippen molar-refractivity contribution >= 4 is 45.0 Å². The summed E-state index contributed by atoms with van der Waals surface area (Å²) in [6, 6.07) is 9.20. The molecule has 188 valence electrons. The number of anilines is 1. The maximum Gasteiger partial charge on any atom is 0.339 e. The van der Waals surface area contributed by atoms with E-state index in [1.807, 2.05) is 40.7 Å². The zero-order chi connectivity index (χ0) is 25.5. The number of carbonyl (C=O) groups excluding carboxylic acids is 1. The number of halogens is 2. The third kappa shape index (κ3) is 7.42. The van der Waals surface area contributed by atoms with Gasteiger partial charge in [-0.05, 0) is 51.0 Å². The van der Waals surface area contributed by atoms with Gasteiger partial charge >= 0.3 is 16.1 Å². The van der Waals surface area contributed by atoms with Crippen LogP contribution in [0, 0.1) is 5.92 Å². The predicted molar refractivity (Wildman–Crippen MR) is 139 cm³/mol. The highest BCUT2D eigenvalue weighted by atomic mass is 35.5. The number of hydrogen-bond donors (Lipinski definition) is 1. The molecule has 0 atom stereocenters. The molecule has 0 heterocycles. The lowest BCUT2D eigenvalue weighted by atomic mass is 10.1. The van der Waals surface area contributed by atoms with Gasteiger partial charge < -0.3 is 19.3 Å². The summed E-state index contributed by atoms with van der Waals surface area (Å²) in [6.45, 7) is 12.6. The van der Waals surface area contributed by atoms with Crippen LogP contribution in [-0.2, 0) is 16.7 Å². The molecule has 0 spiro atoms. The van der Waals surface area contributed by atoms with E-state index in [0.717, 1.165) is 18.8 Å². The number of benzene rings is 2. The molecule has 0 saturated heterocycles. The minimum atomic E-state index is -4.20. The molecule has 0 fully saturated rings. The smallest absolute Gasteiger partial charge is 0.339 e. The Labute approximate surface area is 213 Å². The largest absolute Gasteiger partial charge is 0.379 e. The highest BCUT2D eigenvalue weighted by Gasteiger charge is 2.23. The van der Waals surface area contributed by atoms with Gasteiger partial charge in [0.1, 0.15) is 10.6 Å². The molecular formula is C24H33Cl2N3O4S. The first-order chi connectivity index (χ1) is 16.0. The van der Waals surface area contributed by atoms with Gasteiger partial charge in [-0.25, -0.2) is 4.79 Å². The average molecular weight is 531 g/mol.